The summed E-state index contributed by atoms with van der Waals surface area (Å²) in [6, 6.07) is 1.58. The molecule has 1 aliphatic heterocycles. The number of pyridine rings is 1. The van der Waals surface area contributed by atoms with Crippen LogP contribution in [-0.2, 0) is 0 Å². The van der Waals surface area contributed by atoms with Gasteiger partial charge in [-0.15, -0.1) is 0 Å². The highest BCUT2D eigenvalue weighted by Gasteiger charge is 2.26. The van der Waals surface area contributed by atoms with Crippen molar-refractivity contribution >= 4 is 39.0 Å². The topological polar surface area (TPSA) is 114 Å². The van der Waals surface area contributed by atoms with Crippen molar-refractivity contribution in [3.63, 3.8) is 0 Å². The van der Waals surface area contributed by atoms with Gasteiger partial charge in [0.05, 0.1) is 10.2 Å². The molecule has 0 spiro atoms. The third-order valence-electron chi connectivity index (χ3n) is 4.16. The van der Waals surface area contributed by atoms with E-state index in [0.717, 1.165) is 5.39 Å². The van der Waals surface area contributed by atoms with Crippen molar-refractivity contribution in [2.24, 2.45) is 0 Å². The summed E-state index contributed by atoms with van der Waals surface area (Å²) in [5.41, 5.74) is 6.74. The molecule has 8 nitrogen and oxygen atoms in total. The Morgan fingerprint density at radius 3 is 2.65 bits per heavy atom. The van der Waals surface area contributed by atoms with E-state index in [-0.39, 0.29) is 17.5 Å². The lowest BCUT2D eigenvalue weighted by Gasteiger charge is -2.31. The van der Waals surface area contributed by atoms with Gasteiger partial charge < -0.3 is 15.7 Å². The third-order valence-corrected chi connectivity index (χ3v) is 4.72. The van der Waals surface area contributed by atoms with E-state index in [2.05, 4.69) is 25.9 Å². The number of hydrogen-bond acceptors (Lipinski definition) is 5. The maximum atomic E-state index is 12.6. The van der Waals surface area contributed by atoms with Crippen molar-refractivity contribution in [1.82, 2.24) is 19.4 Å². The number of piperidine rings is 1. The fraction of sp³-hybridized carbons (Fsp3) is 0.429. The summed E-state index contributed by atoms with van der Waals surface area (Å²) in [4.78, 5) is 33.4. The number of anilines is 1. The monoisotopic (exact) mass is 381 g/mol. The zero-order valence-electron chi connectivity index (χ0n) is 12.5. The molecule has 1 saturated heterocycles. The van der Waals surface area contributed by atoms with E-state index in [0.29, 0.717) is 41.7 Å². The molecule has 3 rings (SSSR count). The molecule has 3 N–H and O–H groups in total. The average Bonchev–Trinajstić information content (AvgIpc) is 2.50. The second-order valence-corrected chi connectivity index (χ2v) is 6.43. The molecular weight excluding hydrogens is 366 g/mol. The van der Waals surface area contributed by atoms with Gasteiger partial charge in [0.1, 0.15) is 5.65 Å². The number of nitrogens with zero attached hydrogens (tertiary/aromatic N) is 4. The quantitative estimate of drug-likeness (QED) is 0.777. The summed E-state index contributed by atoms with van der Waals surface area (Å²) >= 11 is 3.30. The second kappa shape index (κ2) is 5.80. The van der Waals surface area contributed by atoms with Crippen molar-refractivity contribution in [3.8, 4) is 0 Å². The number of likely N-dealkylation sites (tertiary alicyclic amines) is 1. The van der Waals surface area contributed by atoms with E-state index in [4.69, 9.17) is 10.8 Å². The van der Waals surface area contributed by atoms with Crippen molar-refractivity contribution < 1.29 is 9.90 Å². The number of amides is 1. The van der Waals surface area contributed by atoms with Crippen molar-refractivity contribution in [2.75, 3.05) is 18.8 Å². The number of hydrogen-bond donors (Lipinski definition) is 2. The minimum absolute atomic E-state index is 0.119. The first-order valence-corrected chi connectivity index (χ1v) is 8.00. The van der Waals surface area contributed by atoms with E-state index < -0.39 is 6.09 Å². The molecule has 2 aromatic heterocycles. The SMILES string of the molecule is Cc1nc(N)nc2c1cc(Br)c(=O)n2C1CCN(C(=O)O)CC1. The van der Waals surface area contributed by atoms with Gasteiger partial charge in [0.15, 0.2) is 0 Å². The lowest BCUT2D eigenvalue weighted by Crippen LogP contribution is -2.40. The van der Waals surface area contributed by atoms with E-state index in [1.54, 1.807) is 10.6 Å². The van der Waals surface area contributed by atoms with E-state index in [9.17, 15) is 9.59 Å². The Morgan fingerprint density at radius 2 is 2.04 bits per heavy atom. The minimum atomic E-state index is -0.933. The van der Waals surface area contributed by atoms with Crippen LogP contribution in [0.1, 0.15) is 24.6 Å². The fourth-order valence-electron chi connectivity index (χ4n) is 2.99. The predicted octanol–water partition coefficient (Wildman–Crippen LogP) is 1.76. The molecular formula is C14H16BrN5O3. The van der Waals surface area contributed by atoms with Crippen LogP contribution in [0.3, 0.4) is 0 Å². The number of carboxylic acid groups (broad SMARTS) is 1. The molecule has 1 amide bonds. The van der Waals surface area contributed by atoms with Crippen LogP contribution < -0.4 is 11.3 Å². The van der Waals surface area contributed by atoms with Crippen LogP contribution in [0, 0.1) is 6.92 Å². The van der Waals surface area contributed by atoms with Crippen LogP contribution in [-0.4, -0.2) is 43.7 Å². The zero-order valence-corrected chi connectivity index (χ0v) is 14.1. The van der Waals surface area contributed by atoms with Gasteiger partial charge in [-0.3, -0.25) is 9.36 Å². The van der Waals surface area contributed by atoms with Crippen molar-refractivity contribution in [2.45, 2.75) is 25.8 Å². The highest BCUT2D eigenvalue weighted by Crippen LogP contribution is 2.27. The Balaban J connectivity index is 2.12. The predicted molar refractivity (Wildman–Crippen MR) is 88.5 cm³/mol. The summed E-state index contributed by atoms with van der Waals surface area (Å²) in [5.74, 6) is 0.119. The maximum absolute atomic E-state index is 12.6. The number of aryl methyl sites for hydroxylation is 1. The van der Waals surface area contributed by atoms with Gasteiger partial charge >= 0.3 is 6.09 Å². The van der Waals surface area contributed by atoms with E-state index in [1.807, 2.05) is 6.92 Å². The Labute approximate surface area is 140 Å². The molecule has 0 saturated carbocycles. The number of fused-ring (bicyclic) bond motifs is 1. The average molecular weight is 382 g/mol. The molecule has 23 heavy (non-hydrogen) atoms. The van der Waals surface area contributed by atoms with Crippen LogP contribution in [0.4, 0.5) is 10.7 Å². The molecule has 0 radical (unpaired) electrons. The molecule has 1 fully saturated rings. The number of carbonyl (C=O) groups is 1. The van der Waals surface area contributed by atoms with Gasteiger partial charge in [-0.05, 0) is 41.8 Å². The van der Waals surface area contributed by atoms with Gasteiger partial charge in [0, 0.05) is 24.5 Å². The Hall–Kier alpha value is -2.16. The van der Waals surface area contributed by atoms with Crippen LogP contribution in [0.15, 0.2) is 15.3 Å². The second-order valence-electron chi connectivity index (χ2n) is 5.57. The smallest absolute Gasteiger partial charge is 0.407 e. The van der Waals surface area contributed by atoms with Gasteiger partial charge in [-0.25, -0.2) is 9.78 Å². The number of nitrogens with two attached hydrogens (primary N) is 1. The highest BCUT2D eigenvalue weighted by molar-refractivity contribution is 9.10. The van der Waals surface area contributed by atoms with Gasteiger partial charge in [0.2, 0.25) is 5.95 Å². The van der Waals surface area contributed by atoms with E-state index >= 15 is 0 Å². The zero-order chi connectivity index (χ0) is 16.7. The van der Waals surface area contributed by atoms with Gasteiger partial charge in [-0.1, -0.05) is 0 Å². The van der Waals surface area contributed by atoms with Gasteiger partial charge in [-0.2, -0.15) is 4.98 Å². The summed E-state index contributed by atoms with van der Waals surface area (Å²) in [5, 5.41) is 9.81. The molecule has 0 bridgehead atoms. The standard InChI is InChI=1S/C14H16BrN5O3/c1-7-9-6-10(15)12(21)20(11(9)18-13(16)17-7)8-2-4-19(5-3-8)14(22)23/h6,8H,2-5H2,1H3,(H,22,23)(H2,16,17,18). The molecule has 0 aliphatic carbocycles. The number of nitrogen functional groups attached to an aromatic ring is 1. The lowest BCUT2D eigenvalue weighted by atomic mass is 10.0. The van der Waals surface area contributed by atoms with Crippen LogP contribution >= 0.6 is 15.9 Å². The molecule has 0 aromatic carbocycles. The van der Waals surface area contributed by atoms with Crippen LogP contribution in [0.2, 0.25) is 0 Å². The molecule has 0 atom stereocenters. The molecule has 3 heterocycles. The number of aromatic nitrogens is 3. The highest BCUT2D eigenvalue weighted by atomic mass is 79.9. The molecule has 1 aliphatic rings. The normalized spacial score (nSPS) is 16.0. The Bertz CT molecular complexity index is 842. The Morgan fingerprint density at radius 1 is 1.39 bits per heavy atom. The van der Waals surface area contributed by atoms with Crippen LogP contribution in [0.25, 0.3) is 11.0 Å². The maximum Gasteiger partial charge on any atom is 0.407 e. The fourth-order valence-corrected chi connectivity index (χ4v) is 3.41. The third kappa shape index (κ3) is 2.76. The first-order chi connectivity index (χ1) is 10.9. The Kier molecular flexibility index (Phi) is 3.97. The van der Waals surface area contributed by atoms with Gasteiger partial charge in [0.25, 0.3) is 5.56 Å². The summed E-state index contributed by atoms with van der Waals surface area (Å²) in [6.07, 6.45) is 0.179. The summed E-state index contributed by atoms with van der Waals surface area (Å²) in [7, 11) is 0. The molecule has 0 unspecified atom stereocenters. The van der Waals surface area contributed by atoms with Crippen molar-refractivity contribution in [1.29, 1.82) is 0 Å². The first-order valence-electron chi connectivity index (χ1n) is 7.21. The molecule has 122 valence electrons. The van der Waals surface area contributed by atoms with Crippen LogP contribution in [0.5, 0.6) is 0 Å². The number of rotatable bonds is 1. The lowest BCUT2D eigenvalue weighted by molar-refractivity contribution is 0.125. The van der Waals surface area contributed by atoms with Crippen molar-refractivity contribution in [3.05, 3.63) is 26.6 Å². The summed E-state index contributed by atoms with van der Waals surface area (Å²) < 4.78 is 2.05. The van der Waals surface area contributed by atoms with E-state index in [1.165, 1.54) is 4.90 Å². The summed E-state index contributed by atoms with van der Waals surface area (Å²) in [6.45, 7) is 2.59. The molecule has 9 heteroatoms. The molecule has 2 aromatic rings. The number of halogens is 1. The minimum Gasteiger partial charge on any atom is -0.465 e. The first kappa shape index (κ1) is 15.7. The largest absolute Gasteiger partial charge is 0.465 e.